The molecule has 1 aliphatic heterocycles. The fourth-order valence-electron chi connectivity index (χ4n) is 4.14. The molecule has 2 aromatic heterocycles. The van der Waals surface area contributed by atoms with Crippen LogP contribution >= 0.6 is 11.3 Å². The van der Waals surface area contributed by atoms with E-state index in [0.717, 1.165) is 66.5 Å². The number of benzene rings is 2. The molecule has 0 atom stereocenters. The minimum atomic E-state index is 0.174. The van der Waals surface area contributed by atoms with E-state index in [2.05, 4.69) is 39.6 Å². The standard InChI is InChI=1S/C23H25N5OS/c1-2-21-24-17-7-3-5-9-19(17)28(21)16-23(29)27-13-11-26(12-14-27)15-22-25-18-8-4-6-10-20(18)30-22/h3-10H,2,11-16H2,1H3. The topological polar surface area (TPSA) is 54.3 Å². The lowest BCUT2D eigenvalue weighted by Crippen LogP contribution is -2.49. The lowest BCUT2D eigenvalue weighted by molar-refractivity contribution is -0.133. The van der Waals surface area contributed by atoms with Gasteiger partial charge < -0.3 is 9.47 Å². The highest BCUT2D eigenvalue weighted by atomic mass is 32.1. The zero-order valence-corrected chi connectivity index (χ0v) is 17.9. The summed E-state index contributed by atoms with van der Waals surface area (Å²) in [7, 11) is 0. The van der Waals surface area contributed by atoms with Gasteiger partial charge in [-0.1, -0.05) is 31.2 Å². The molecule has 0 spiro atoms. The highest BCUT2D eigenvalue weighted by Gasteiger charge is 2.23. The number of hydrogen-bond donors (Lipinski definition) is 0. The zero-order valence-electron chi connectivity index (χ0n) is 17.1. The maximum atomic E-state index is 13.0. The highest BCUT2D eigenvalue weighted by Crippen LogP contribution is 2.23. The fraction of sp³-hybridized carbons (Fsp3) is 0.348. The van der Waals surface area contributed by atoms with Crippen molar-refractivity contribution in [1.82, 2.24) is 24.3 Å². The van der Waals surface area contributed by atoms with Gasteiger partial charge in [0.1, 0.15) is 17.4 Å². The van der Waals surface area contributed by atoms with E-state index < -0.39 is 0 Å². The molecular formula is C23H25N5OS. The van der Waals surface area contributed by atoms with E-state index in [1.807, 2.05) is 35.2 Å². The van der Waals surface area contributed by atoms with Crippen molar-refractivity contribution < 1.29 is 4.79 Å². The molecule has 0 aliphatic carbocycles. The summed E-state index contributed by atoms with van der Waals surface area (Å²) in [5, 5.41) is 1.15. The monoisotopic (exact) mass is 419 g/mol. The summed E-state index contributed by atoms with van der Waals surface area (Å²) in [6.07, 6.45) is 0.817. The second-order valence-electron chi connectivity index (χ2n) is 7.69. The number of fused-ring (bicyclic) bond motifs is 2. The van der Waals surface area contributed by atoms with Gasteiger partial charge in [-0.25, -0.2) is 9.97 Å². The van der Waals surface area contributed by atoms with E-state index in [0.29, 0.717) is 6.54 Å². The summed E-state index contributed by atoms with van der Waals surface area (Å²) in [5.41, 5.74) is 3.07. The molecule has 6 nitrogen and oxygen atoms in total. The first-order chi connectivity index (χ1) is 14.7. The summed E-state index contributed by atoms with van der Waals surface area (Å²) in [4.78, 5) is 26.8. The fourth-order valence-corrected chi connectivity index (χ4v) is 5.15. The predicted octanol–water partition coefficient (Wildman–Crippen LogP) is 3.55. The first-order valence-corrected chi connectivity index (χ1v) is 11.3. The average Bonchev–Trinajstić information content (AvgIpc) is 3.35. The Hall–Kier alpha value is -2.77. The normalized spacial score (nSPS) is 15.3. The number of nitrogens with zero attached hydrogens (tertiary/aromatic N) is 5. The number of piperazine rings is 1. The molecule has 0 unspecified atom stereocenters. The Labute approximate surface area is 179 Å². The molecule has 1 fully saturated rings. The summed E-state index contributed by atoms with van der Waals surface area (Å²) in [6.45, 7) is 6.59. The average molecular weight is 420 g/mol. The van der Waals surface area contributed by atoms with Crippen LogP contribution in [0.2, 0.25) is 0 Å². The van der Waals surface area contributed by atoms with Crippen LogP contribution in [0.25, 0.3) is 21.3 Å². The van der Waals surface area contributed by atoms with Crippen LogP contribution in [0.3, 0.4) is 0 Å². The van der Waals surface area contributed by atoms with Crippen LogP contribution in [0.15, 0.2) is 48.5 Å². The maximum absolute atomic E-state index is 13.0. The van der Waals surface area contributed by atoms with Crippen LogP contribution in [0.5, 0.6) is 0 Å². The van der Waals surface area contributed by atoms with Crippen molar-refractivity contribution in [2.45, 2.75) is 26.4 Å². The third-order valence-corrected chi connectivity index (χ3v) is 6.79. The summed E-state index contributed by atoms with van der Waals surface area (Å²) in [6, 6.07) is 16.3. The van der Waals surface area contributed by atoms with Crippen LogP contribution in [0.1, 0.15) is 17.8 Å². The molecule has 4 aromatic rings. The molecule has 0 radical (unpaired) electrons. The molecule has 2 aromatic carbocycles. The molecular weight excluding hydrogens is 394 g/mol. The van der Waals surface area contributed by atoms with Crippen molar-refractivity contribution in [3.05, 3.63) is 59.4 Å². The molecule has 7 heteroatoms. The Bertz CT molecular complexity index is 1160. The van der Waals surface area contributed by atoms with Gasteiger partial charge in [-0.2, -0.15) is 0 Å². The van der Waals surface area contributed by atoms with Crippen LogP contribution < -0.4 is 0 Å². The molecule has 0 saturated carbocycles. The lowest BCUT2D eigenvalue weighted by atomic mass is 10.3. The largest absolute Gasteiger partial charge is 0.339 e. The zero-order chi connectivity index (χ0) is 20.5. The number of aryl methyl sites for hydroxylation is 1. The number of imidazole rings is 1. The second-order valence-corrected chi connectivity index (χ2v) is 8.80. The molecule has 0 N–H and O–H groups in total. The van der Waals surface area contributed by atoms with Crippen LogP contribution in [-0.2, 0) is 24.3 Å². The van der Waals surface area contributed by atoms with Gasteiger partial charge in [-0.15, -0.1) is 11.3 Å². The molecule has 5 rings (SSSR count). The quantitative estimate of drug-likeness (QED) is 0.496. The van der Waals surface area contributed by atoms with E-state index in [4.69, 9.17) is 4.98 Å². The smallest absolute Gasteiger partial charge is 0.242 e. The van der Waals surface area contributed by atoms with Crippen molar-refractivity contribution in [1.29, 1.82) is 0 Å². The first kappa shape index (κ1) is 19.2. The van der Waals surface area contributed by atoms with E-state index in [-0.39, 0.29) is 5.91 Å². The number of aromatic nitrogens is 3. The van der Waals surface area contributed by atoms with Gasteiger partial charge in [0.15, 0.2) is 0 Å². The SMILES string of the molecule is CCc1nc2ccccc2n1CC(=O)N1CCN(Cc2nc3ccccc3s2)CC1. The van der Waals surface area contributed by atoms with E-state index in [1.165, 1.54) is 4.70 Å². The van der Waals surface area contributed by atoms with Crippen molar-refractivity contribution in [3.8, 4) is 0 Å². The second kappa shape index (κ2) is 8.16. The Morgan fingerprint density at radius 1 is 0.967 bits per heavy atom. The molecule has 154 valence electrons. The van der Waals surface area contributed by atoms with Crippen molar-refractivity contribution in [2.75, 3.05) is 26.2 Å². The minimum absolute atomic E-state index is 0.174. The van der Waals surface area contributed by atoms with Gasteiger partial charge in [0.05, 0.1) is 27.8 Å². The Morgan fingerprint density at radius 2 is 1.70 bits per heavy atom. The van der Waals surface area contributed by atoms with Crippen molar-refractivity contribution >= 4 is 38.5 Å². The van der Waals surface area contributed by atoms with Crippen LogP contribution in [0, 0.1) is 0 Å². The third-order valence-electron chi connectivity index (χ3n) is 5.77. The molecule has 1 saturated heterocycles. The summed E-state index contributed by atoms with van der Waals surface area (Å²) in [5.74, 6) is 1.14. The van der Waals surface area contributed by atoms with Gasteiger partial charge in [0.2, 0.25) is 5.91 Å². The Morgan fingerprint density at radius 3 is 2.47 bits per heavy atom. The van der Waals surface area contributed by atoms with Gasteiger partial charge in [-0.3, -0.25) is 9.69 Å². The molecule has 1 aliphatic rings. The maximum Gasteiger partial charge on any atom is 0.242 e. The van der Waals surface area contributed by atoms with E-state index >= 15 is 0 Å². The number of carbonyl (C=O) groups is 1. The predicted molar refractivity (Wildman–Crippen MR) is 121 cm³/mol. The van der Waals surface area contributed by atoms with Crippen molar-refractivity contribution in [3.63, 3.8) is 0 Å². The highest BCUT2D eigenvalue weighted by molar-refractivity contribution is 7.18. The first-order valence-electron chi connectivity index (χ1n) is 10.5. The van der Waals surface area contributed by atoms with Crippen LogP contribution in [-0.4, -0.2) is 56.4 Å². The minimum Gasteiger partial charge on any atom is -0.339 e. The number of carbonyl (C=O) groups excluding carboxylic acids is 1. The Kier molecular flexibility index (Phi) is 5.23. The molecule has 30 heavy (non-hydrogen) atoms. The number of hydrogen-bond acceptors (Lipinski definition) is 5. The molecule has 1 amide bonds. The van der Waals surface area contributed by atoms with Gasteiger partial charge >= 0.3 is 0 Å². The summed E-state index contributed by atoms with van der Waals surface area (Å²) < 4.78 is 3.31. The Balaban J connectivity index is 1.22. The lowest BCUT2D eigenvalue weighted by Gasteiger charge is -2.34. The van der Waals surface area contributed by atoms with Crippen molar-refractivity contribution in [2.24, 2.45) is 0 Å². The van der Waals surface area contributed by atoms with Gasteiger partial charge in [-0.05, 0) is 24.3 Å². The molecule has 0 bridgehead atoms. The number of para-hydroxylation sites is 3. The number of amides is 1. The van der Waals surface area contributed by atoms with E-state index in [1.54, 1.807) is 11.3 Å². The van der Waals surface area contributed by atoms with Crippen LogP contribution in [0.4, 0.5) is 0 Å². The molecule has 3 heterocycles. The van der Waals surface area contributed by atoms with Gasteiger partial charge in [0, 0.05) is 32.6 Å². The third kappa shape index (κ3) is 3.70. The van der Waals surface area contributed by atoms with Gasteiger partial charge in [0.25, 0.3) is 0 Å². The summed E-state index contributed by atoms with van der Waals surface area (Å²) >= 11 is 1.76. The van der Waals surface area contributed by atoms with E-state index in [9.17, 15) is 4.79 Å². The number of thiazole rings is 1. The number of rotatable bonds is 5.